The zero-order chi connectivity index (χ0) is 18.8. The van der Waals surface area contributed by atoms with E-state index < -0.39 is 0 Å². The summed E-state index contributed by atoms with van der Waals surface area (Å²) in [5, 5.41) is 2.93. The Hall–Kier alpha value is -1.92. The first kappa shape index (κ1) is 20.4. The maximum Gasteiger partial charge on any atom is 0.230 e. The highest BCUT2D eigenvalue weighted by Gasteiger charge is 2.09. The topological polar surface area (TPSA) is 55.4 Å². The zero-order valence-corrected chi connectivity index (χ0v) is 16.6. The summed E-state index contributed by atoms with van der Waals surface area (Å²) < 4.78 is 5.33. The molecule has 0 heterocycles. The Balaban J connectivity index is 1.71. The van der Waals surface area contributed by atoms with Gasteiger partial charge in [0.1, 0.15) is 5.75 Å². The number of carbonyl (C=O) groups excluding carboxylic acids is 2. The predicted molar refractivity (Wildman–Crippen MR) is 109 cm³/mol. The van der Waals surface area contributed by atoms with Crippen LogP contribution in [0.1, 0.15) is 22.8 Å². The van der Waals surface area contributed by atoms with E-state index in [-0.39, 0.29) is 11.7 Å². The molecule has 0 fully saturated rings. The van der Waals surface area contributed by atoms with Crippen molar-refractivity contribution in [1.29, 1.82) is 0 Å². The molecular weight excluding hydrogens is 366 g/mol. The summed E-state index contributed by atoms with van der Waals surface area (Å²) in [7, 11) is 1.61. The second-order valence-corrected chi connectivity index (χ2v) is 7.74. The second-order valence-electron chi connectivity index (χ2n) is 5.59. The first-order valence-corrected chi connectivity index (χ1v) is 10.4. The summed E-state index contributed by atoms with van der Waals surface area (Å²) in [4.78, 5) is 24.7. The fourth-order valence-electron chi connectivity index (χ4n) is 2.29. The number of hydrogen-bond acceptors (Lipinski definition) is 5. The highest BCUT2D eigenvalue weighted by molar-refractivity contribution is 7.99. The smallest absolute Gasteiger partial charge is 0.230 e. The molecule has 0 radical (unpaired) electrons. The van der Waals surface area contributed by atoms with Crippen LogP contribution in [0.15, 0.2) is 53.4 Å². The SMILES string of the molecule is COc1ccc(C(C)=O)cc1CSCC(=O)NCCSc1ccccc1. The van der Waals surface area contributed by atoms with E-state index in [4.69, 9.17) is 4.74 Å². The molecule has 6 heteroatoms. The van der Waals surface area contributed by atoms with Crippen molar-refractivity contribution in [1.82, 2.24) is 5.32 Å². The maximum atomic E-state index is 11.9. The van der Waals surface area contributed by atoms with Crippen molar-refractivity contribution < 1.29 is 14.3 Å². The van der Waals surface area contributed by atoms with Crippen molar-refractivity contribution in [2.24, 2.45) is 0 Å². The fraction of sp³-hybridized carbons (Fsp3) is 0.300. The van der Waals surface area contributed by atoms with Gasteiger partial charge in [-0.25, -0.2) is 0 Å². The molecule has 26 heavy (non-hydrogen) atoms. The number of Topliss-reactive ketones (excluding diaryl/α,β-unsaturated/α-hetero) is 1. The van der Waals surface area contributed by atoms with Gasteiger partial charge in [-0.2, -0.15) is 0 Å². The van der Waals surface area contributed by atoms with E-state index in [1.54, 1.807) is 37.9 Å². The van der Waals surface area contributed by atoms with Gasteiger partial charge in [-0.1, -0.05) is 18.2 Å². The molecule has 0 bridgehead atoms. The van der Waals surface area contributed by atoms with Gasteiger partial charge in [-0.3, -0.25) is 9.59 Å². The van der Waals surface area contributed by atoms with Crippen LogP contribution in [-0.4, -0.2) is 36.9 Å². The Kier molecular flexibility index (Phi) is 8.58. The minimum Gasteiger partial charge on any atom is -0.496 e. The van der Waals surface area contributed by atoms with Gasteiger partial charge >= 0.3 is 0 Å². The Morgan fingerprint density at radius 1 is 1.12 bits per heavy atom. The van der Waals surface area contributed by atoms with E-state index in [2.05, 4.69) is 17.4 Å². The fourth-order valence-corrected chi connectivity index (χ4v) is 3.92. The molecule has 0 saturated heterocycles. The van der Waals surface area contributed by atoms with Crippen LogP contribution in [-0.2, 0) is 10.5 Å². The maximum absolute atomic E-state index is 11.9. The van der Waals surface area contributed by atoms with Crippen LogP contribution in [0.4, 0.5) is 0 Å². The third-order valence-electron chi connectivity index (χ3n) is 3.61. The predicted octanol–water partition coefficient (Wildman–Crippen LogP) is 4.04. The normalized spacial score (nSPS) is 10.4. The van der Waals surface area contributed by atoms with Crippen molar-refractivity contribution in [2.75, 3.05) is 25.2 Å². The molecule has 0 spiro atoms. The summed E-state index contributed by atoms with van der Waals surface area (Å²) in [6.07, 6.45) is 0. The summed E-state index contributed by atoms with van der Waals surface area (Å²) in [5.41, 5.74) is 1.58. The molecule has 138 valence electrons. The van der Waals surface area contributed by atoms with Gasteiger partial charge in [0, 0.05) is 34.1 Å². The van der Waals surface area contributed by atoms with Gasteiger partial charge in [-0.15, -0.1) is 23.5 Å². The van der Waals surface area contributed by atoms with Crippen LogP contribution >= 0.6 is 23.5 Å². The summed E-state index contributed by atoms with van der Waals surface area (Å²) in [5.74, 6) is 2.62. The monoisotopic (exact) mass is 389 g/mol. The number of amides is 1. The van der Waals surface area contributed by atoms with Crippen molar-refractivity contribution in [3.05, 3.63) is 59.7 Å². The van der Waals surface area contributed by atoms with Crippen molar-refractivity contribution in [3.8, 4) is 5.75 Å². The number of ether oxygens (including phenoxy) is 1. The molecule has 2 rings (SSSR count). The van der Waals surface area contributed by atoms with E-state index in [9.17, 15) is 9.59 Å². The number of thioether (sulfide) groups is 2. The Bertz CT molecular complexity index is 735. The molecule has 2 aromatic rings. The lowest BCUT2D eigenvalue weighted by atomic mass is 10.1. The summed E-state index contributed by atoms with van der Waals surface area (Å²) in [6.45, 7) is 2.18. The van der Waals surface area contributed by atoms with Gasteiger partial charge in [0.05, 0.1) is 12.9 Å². The number of ketones is 1. The minimum atomic E-state index is 0.0188. The Labute approximate surface area is 163 Å². The zero-order valence-electron chi connectivity index (χ0n) is 15.0. The van der Waals surface area contributed by atoms with Crippen LogP contribution in [0.25, 0.3) is 0 Å². The second kappa shape index (κ2) is 10.9. The summed E-state index contributed by atoms with van der Waals surface area (Å²) >= 11 is 3.23. The van der Waals surface area contributed by atoms with Crippen LogP contribution < -0.4 is 10.1 Å². The molecule has 0 saturated carbocycles. The average Bonchev–Trinajstić information content (AvgIpc) is 2.66. The van der Waals surface area contributed by atoms with E-state index in [0.29, 0.717) is 23.6 Å². The third-order valence-corrected chi connectivity index (χ3v) is 5.61. The van der Waals surface area contributed by atoms with E-state index in [1.807, 2.05) is 24.3 Å². The molecule has 0 unspecified atom stereocenters. The lowest BCUT2D eigenvalue weighted by Crippen LogP contribution is -2.27. The third kappa shape index (κ3) is 6.77. The summed E-state index contributed by atoms with van der Waals surface area (Å²) in [6, 6.07) is 15.5. The highest BCUT2D eigenvalue weighted by atomic mass is 32.2. The molecule has 1 N–H and O–H groups in total. The molecule has 0 atom stereocenters. The quantitative estimate of drug-likeness (QED) is 0.378. The molecule has 0 aliphatic heterocycles. The molecule has 4 nitrogen and oxygen atoms in total. The van der Waals surface area contributed by atoms with Gasteiger partial charge in [0.15, 0.2) is 5.78 Å². The molecule has 2 aromatic carbocycles. The first-order valence-electron chi connectivity index (χ1n) is 8.30. The molecule has 0 aliphatic rings. The van der Waals surface area contributed by atoms with E-state index in [0.717, 1.165) is 17.1 Å². The number of benzene rings is 2. The van der Waals surface area contributed by atoms with Crippen LogP contribution in [0.5, 0.6) is 5.75 Å². The first-order chi connectivity index (χ1) is 12.6. The number of carbonyl (C=O) groups is 2. The minimum absolute atomic E-state index is 0.0188. The van der Waals surface area contributed by atoms with Gasteiger partial charge in [-0.05, 0) is 37.3 Å². The molecule has 0 aliphatic carbocycles. The van der Waals surface area contributed by atoms with Crippen molar-refractivity contribution >= 4 is 35.2 Å². The average molecular weight is 390 g/mol. The molecular formula is C20H23NO3S2. The van der Waals surface area contributed by atoms with Gasteiger partial charge < -0.3 is 10.1 Å². The number of rotatable bonds is 10. The highest BCUT2D eigenvalue weighted by Crippen LogP contribution is 2.24. The van der Waals surface area contributed by atoms with E-state index in [1.165, 1.54) is 16.7 Å². The van der Waals surface area contributed by atoms with Crippen LogP contribution in [0, 0.1) is 0 Å². The van der Waals surface area contributed by atoms with Crippen LogP contribution in [0.2, 0.25) is 0 Å². The Morgan fingerprint density at radius 3 is 2.58 bits per heavy atom. The molecule has 0 aromatic heterocycles. The lowest BCUT2D eigenvalue weighted by molar-refractivity contribution is -0.118. The van der Waals surface area contributed by atoms with E-state index >= 15 is 0 Å². The van der Waals surface area contributed by atoms with Gasteiger partial charge in [0.25, 0.3) is 0 Å². The van der Waals surface area contributed by atoms with Crippen molar-refractivity contribution in [3.63, 3.8) is 0 Å². The van der Waals surface area contributed by atoms with Crippen LogP contribution in [0.3, 0.4) is 0 Å². The van der Waals surface area contributed by atoms with Crippen molar-refractivity contribution in [2.45, 2.75) is 17.6 Å². The van der Waals surface area contributed by atoms with Gasteiger partial charge in [0.2, 0.25) is 5.91 Å². The standard InChI is InChI=1S/C20H23NO3S2/c1-15(22)16-8-9-19(24-2)17(12-16)13-25-14-20(23)21-10-11-26-18-6-4-3-5-7-18/h3-9,12H,10-11,13-14H2,1-2H3,(H,21,23). The Morgan fingerprint density at radius 2 is 1.88 bits per heavy atom. The lowest BCUT2D eigenvalue weighted by Gasteiger charge is -2.10. The molecule has 1 amide bonds. The number of nitrogens with one attached hydrogen (secondary N) is 1. The number of methoxy groups -OCH3 is 1. The largest absolute Gasteiger partial charge is 0.496 e. The number of hydrogen-bond donors (Lipinski definition) is 1.